The fourth-order valence-electron chi connectivity index (χ4n) is 5.36. The molecule has 2 aliphatic heterocycles. The van der Waals surface area contributed by atoms with Gasteiger partial charge < -0.3 is 33.5 Å². The number of aliphatic hydroxyl groups is 1. The third kappa shape index (κ3) is 8.23. The molecule has 2 fully saturated rings. The van der Waals surface area contributed by atoms with Crippen LogP contribution in [0, 0.1) is 6.92 Å². The standard InChI is InChI=1S/C27H34N8O13/c1-12-8-33(21-6-18(40)19(47-21)7-29-31-28)27(42)34(25(12)41)9-17-10-35(32-30-17)26-24(46-16(5)39)23(45-15(4)38)22(44-14(3)37)20(48-26)11-43-13(2)36/h8,10,18-24,26,40H,6-7,9,11H2,1-5H3/t18?,19-,20?,21-,22+,23?,24?,26+/m1/s1. The lowest BCUT2D eigenvalue weighted by molar-refractivity contribution is -0.270. The molecule has 4 unspecified atom stereocenters. The average molecular weight is 679 g/mol. The van der Waals surface area contributed by atoms with E-state index in [0.717, 1.165) is 41.5 Å². The van der Waals surface area contributed by atoms with Crippen molar-refractivity contribution in [2.45, 2.75) is 96.7 Å². The Bertz CT molecular complexity index is 1710. The molecule has 260 valence electrons. The number of ether oxygens (including phenoxy) is 6. The SMILES string of the molecule is CC(=O)OCC1O[C@H](n2cc(Cn3c(=O)c(C)cn([C@H]4CC(O)[C@@H](CN=[N+]=[N-])O4)c3=O)nn2)C(OC(C)=O)C(OC(C)=O)[C@H]1OC(C)=O. The highest BCUT2D eigenvalue weighted by atomic mass is 16.7. The molecule has 4 rings (SSSR count). The summed E-state index contributed by atoms with van der Waals surface area (Å²) in [6, 6.07) is 0. The molecule has 0 bridgehead atoms. The van der Waals surface area contributed by atoms with Gasteiger partial charge >= 0.3 is 29.6 Å². The summed E-state index contributed by atoms with van der Waals surface area (Å²) in [5, 5.41) is 21.8. The zero-order chi connectivity index (χ0) is 35.3. The molecule has 0 spiro atoms. The largest absolute Gasteiger partial charge is 0.463 e. The molecule has 0 saturated carbocycles. The van der Waals surface area contributed by atoms with Gasteiger partial charge in [-0.25, -0.2) is 9.48 Å². The first-order valence-corrected chi connectivity index (χ1v) is 14.6. The Labute approximate surface area is 270 Å². The minimum absolute atomic E-state index is 0.0117. The number of rotatable bonds is 11. The lowest BCUT2D eigenvalue weighted by Gasteiger charge is -2.44. The van der Waals surface area contributed by atoms with Crippen LogP contribution in [-0.4, -0.2) is 103 Å². The summed E-state index contributed by atoms with van der Waals surface area (Å²) in [4.78, 5) is 77.1. The molecule has 21 nitrogen and oxygen atoms in total. The summed E-state index contributed by atoms with van der Waals surface area (Å²) < 4.78 is 36.2. The predicted octanol–water partition coefficient (Wildman–Crippen LogP) is -0.827. The van der Waals surface area contributed by atoms with Crippen molar-refractivity contribution >= 4 is 23.9 Å². The Hall–Kier alpha value is -5.11. The molecule has 0 aliphatic carbocycles. The van der Waals surface area contributed by atoms with Crippen LogP contribution < -0.4 is 11.2 Å². The second-order valence-electron chi connectivity index (χ2n) is 11.0. The highest BCUT2D eigenvalue weighted by molar-refractivity contribution is 5.68. The number of carbonyl (C=O) groups excluding carboxylic acids is 4. The first-order valence-electron chi connectivity index (χ1n) is 14.6. The maximum Gasteiger partial charge on any atom is 0.333 e. The third-order valence-corrected chi connectivity index (χ3v) is 7.31. The van der Waals surface area contributed by atoms with E-state index in [1.165, 1.54) is 19.3 Å². The number of aromatic nitrogens is 5. The molecular formula is C27H34N8O13. The monoisotopic (exact) mass is 678 g/mol. The first-order chi connectivity index (χ1) is 22.7. The Morgan fingerprint density at radius 2 is 1.62 bits per heavy atom. The molecule has 48 heavy (non-hydrogen) atoms. The molecular weight excluding hydrogens is 644 g/mol. The fraction of sp³-hybridized carbons (Fsp3) is 0.630. The molecule has 0 aromatic carbocycles. The predicted molar refractivity (Wildman–Crippen MR) is 155 cm³/mol. The topological polar surface area (TPSA) is 267 Å². The summed E-state index contributed by atoms with van der Waals surface area (Å²) in [7, 11) is 0. The van der Waals surface area contributed by atoms with Crippen molar-refractivity contribution < 1.29 is 52.7 Å². The zero-order valence-corrected chi connectivity index (χ0v) is 26.5. The van der Waals surface area contributed by atoms with E-state index in [0.29, 0.717) is 0 Å². The molecule has 0 radical (unpaired) electrons. The lowest BCUT2D eigenvalue weighted by Crippen LogP contribution is -2.60. The van der Waals surface area contributed by atoms with Gasteiger partial charge in [0.15, 0.2) is 24.5 Å². The number of nitrogens with zero attached hydrogens (tertiary/aromatic N) is 8. The Kier molecular flexibility index (Phi) is 11.3. The van der Waals surface area contributed by atoms with Crippen LogP contribution in [0.3, 0.4) is 0 Å². The van der Waals surface area contributed by atoms with Crippen LogP contribution in [-0.2, 0) is 54.1 Å². The smallest absolute Gasteiger partial charge is 0.333 e. The van der Waals surface area contributed by atoms with Crippen LogP contribution in [0.2, 0.25) is 0 Å². The van der Waals surface area contributed by atoms with Crippen LogP contribution in [0.25, 0.3) is 10.4 Å². The molecule has 2 aliphatic rings. The van der Waals surface area contributed by atoms with Gasteiger partial charge in [0.1, 0.15) is 24.6 Å². The second-order valence-corrected chi connectivity index (χ2v) is 11.0. The number of esters is 4. The summed E-state index contributed by atoms with van der Waals surface area (Å²) >= 11 is 0. The maximum absolute atomic E-state index is 13.5. The molecule has 0 amide bonds. The van der Waals surface area contributed by atoms with Crippen molar-refractivity contribution in [2.75, 3.05) is 13.2 Å². The van der Waals surface area contributed by atoms with Gasteiger partial charge in [0, 0.05) is 50.8 Å². The van der Waals surface area contributed by atoms with E-state index in [1.54, 1.807) is 0 Å². The van der Waals surface area contributed by atoms with Crippen molar-refractivity contribution in [3.63, 3.8) is 0 Å². The maximum atomic E-state index is 13.5. The van der Waals surface area contributed by atoms with Crippen molar-refractivity contribution in [3.8, 4) is 0 Å². The number of aliphatic hydroxyl groups excluding tert-OH is 1. The van der Waals surface area contributed by atoms with Crippen molar-refractivity contribution in [3.05, 3.63) is 54.9 Å². The highest BCUT2D eigenvalue weighted by Gasteiger charge is 2.53. The van der Waals surface area contributed by atoms with E-state index in [2.05, 4.69) is 20.3 Å². The van der Waals surface area contributed by atoms with Gasteiger partial charge in [-0.3, -0.25) is 33.1 Å². The number of carbonyl (C=O) groups is 4. The number of aryl methyl sites for hydroxylation is 1. The van der Waals surface area contributed by atoms with E-state index >= 15 is 0 Å². The fourth-order valence-corrected chi connectivity index (χ4v) is 5.36. The van der Waals surface area contributed by atoms with Gasteiger partial charge in [0.25, 0.3) is 5.56 Å². The van der Waals surface area contributed by atoms with E-state index < -0.39 is 97.4 Å². The van der Waals surface area contributed by atoms with Crippen LogP contribution in [0.1, 0.15) is 57.8 Å². The average Bonchev–Trinajstić information content (AvgIpc) is 3.62. The zero-order valence-electron chi connectivity index (χ0n) is 26.5. The molecule has 8 atom stereocenters. The summed E-state index contributed by atoms with van der Waals surface area (Å²) in [5.41, 5.74) is 7.38. The first kappa shape index (κ1) is 35.7. The van der Waals surface area contributed by atoms with Crippen LogP contribution in [0.4, 0.5) is 0 Å². The van der Waals surface area contributed by atoms with Crippen LogP contribution in [0.5, 0.6) is 0 Å². The Balaban J connectivity index is 1.69. The third-order valence-electron chi connectivity index (χ3n) is 7.31. The van der Waals surface area contributed by atoms with Crippen LogP contribution in [0.15, 0.2) is 27.1 Å². The van der Waals surface area contributed by atoms with Crippen molar-refractivity contribution in [1.82, 2.24) is 24.1 Å². The lowest BCUT2D eigenvalue weighted by atomic mass is 9.97. The van der Waals surface area contributed by atoms with Crippen LogP contribution >= 0.6 is 0 Å². The molecule has 21 heteroatoms. The van der Waals surface area contributed by atoms with E-state index in [9.17, 15) is 33.9 Å². The summed E-state index contributed by atoms with van der Waals surface area (Å²) in [6.45, 7) is 4.85. The summed E-state index contributed by atoms with van der Waals surface area (Å²) in [6.07, 6.45) is -7.26. The number of hydrogen-bond donors (Lipinski definition) is 1. The van der Waals surface area contributed by atoms with Gasteiger partial charge in [-0.2, -0.15) is 0 Å². The minimum Gasteiger partial charge on any atom is -0.463 e. The van der Waals surface area contributed by atoms with E-state index in [1.807, 2.05) is 0 Å². The van der Waals surface area contributed by atoms with Gasteiger partial charge in [-0.05, 0) is 12.5 Å². The molecule has 1 N–H and O–H groups in total. The molecule has 2 aromatic rings. The van der Waals surface area contributed by atoms with E-state index in [4.69, 9.17) is 34.0 Å². The van der Waals surface area contributed by atoms with Gasteiger partial charge in [0.2, 0.25) is 0 Å². The Morgan fingerprint density at radius 3 is 2.25 bits per heavy atom. The van der Waals surface area contributed by atoms with Gasteiger partial charge in [-0.1, -0.05) is 10.3 Å². The summed E-state index contributed by atoms with van der Waals surface area (Å²) in [5.74, 6) is -3.13. The minimum atomic E-state index is -1.47. The Morgan fingerprint density at radius 1 is 0.979 bits per heavy atom. The normalized spacial score (nSPS) is 26.6. The molecule has 2 saturated heterocycles. The van der Waals surface area contributed by atoms with Gasteiger partial charge in [-0.15, -0.1) is 5.10 Å². The molecule has 2 aromatic heterocycles. The van der Waals surface area contributed by atoms with Gasteiger partial charge in [0.05, 0.1) is 31.5 Å². The highest BCUT2D eigenvalue weighted by Crippen LogP contribution is 2.34. The second kappa shape index (κ2) is 15.2. The van der Waals surface area contributed by atoms with E-state index in [-0.39, 0.29) is 24.2 Å². The number of hydrogen-bond acceptors (Lipinski definition) is 16. The molecule has 4 heterocycles. The number of azide groups is 1. The van der Waals surface area contributed by atoms with Crippen molar-refractivity contribution in [1.29, 1.82) is 0 Å². The quantitative estimate of drug-likeness (QED) is 0.0999. The van der Waals surface area contributed by atoms with Crippen molar-refractivity contribution in [2.24, 2.45) is 5.11 Å².